The maximum Gasteiger partial charge on any atom is 0.331 e. The summed E-state index contributed by atoms with van der Waals surface area (Å²) in [4.78, 5) is 10.1. The van der Waals surface area contributed by atoms with Crippen molar-refractivity contribution >= 4 is 34.9 Å². The number of hydrogen-bond donors (Lipinski definition) is 1. The second kappa shape index (κ2) is 11.7. The third kappa shape index (κ3) is 5.73. The van der Waals surface area contributed by atoms with E-state index in [4.69, 9.17) is 19.0 Å². The Labute approximate surface area is 269 Å². The molecule has 0 fully saturated rings. The molecule has 0 aliphatic heterocycles. The largest absolute Gasteiger partial charge is 0.456 e. The average molecular weight is 602 g/mol. The Morgan fingerprint density at radius 1 is 0.587 bits per heavy atom. The lowest BCUT2D eigenvalue weighted by Gasteiger charge is -2.37. The van der Waals surface area contributed by atoms with Crippen molar-refractivity contribution in [1.29, 1.82) is 0 Å². The fourth-order valence-corrected chi connectivity index (χ4v) is 5.40. The Hall–Kier alpha value is -5.04. The van der Waals surface area contributed by atoms with Crippen LogP contribution in [-0.4, -0.2) is 33.8 Å². The molecule has 5 aromatic carbocycles. The lowest BCUT2D eigenvalue weighted by atomic mass is 9.78. The number of benzene rings is 5. The van der Waals surface area contributed by atoms with E-state index in [1.165, 1.54) is 0 Å². The first-order chi connectivity index (χ1) is 22.2. The quantitative estimate of drug-likeness (QED) is 0.176. The monoisotopic (exact) mass is 601 g/mol. The van der Waals surface area contributed by atoms with Gasteiger partial charge in [0, 0.05) is 27.5 Å². The van der Waals surface area contributed by atoms with Crippen LogP contribution >= 0.6 is 0 Å². The number of aromatic nitrogens is 2. The van der Waals surface area contributed by atoms with E-state index >= 15 is 0 Å². The molecule has 1 radical (unpaired) electrons. The predicted octanol–water partition coefficient (Wildman–Crippen LogP) is 8.85. The molecule has 7 aromatic rings. The van der Waals surface area contributed by atoms with Crippen molar-refractivity contribution in [2.24, 2.45) is 0 Å². The first-order valence-electron chi connectivity index (χ1n) is 15.5. The molecule has 6 heteroatoms. The molecule has 5 nitrogen and oxygen atoms in total. The van der Waals surface area contributed by atoms with Gasteiger partial charge < -0.3 is 14.2 Å². The molecule has 46 heavy (non-hydrogen) atoms. The molecule has 0 atom stereocenters. The van der Waals surface area contributed by atoms with Crippen LogP contribution in [0.4, 0.5) is 0 Å². The molecule has 0 aliphatic carbocycles. The molecular weight excluding hydrogens is 567 g/mol. The summed E-state index contributed by atoms with van der Waals surface area (Å²) in [5, 5.41) is 13.0. The van der Waals surface area contributed by atoms with Gasteiger partial charge in [-0.1, -0.05) is 103 Å². The van der Waals surface area contributed by atoms with E-state index in [2.05, 4.69) is 66.7 Å². The van der Waals surface area contributed by atoms with Crippen molar-refractivity contribution < 1.29 is 14.2 Å². The Kier molecular flexibility index (Phi) is 7.56. The molecule has 0 unspecified atom stereocenters. The SMILES string of the molecule is CC(C)(O)C(C)(C)O[B]c1cc(-c2nc(-c3ccccc3)cc(-c3ccccc3)n2)ccc1-c1ccc2c(c1)oc1ccccc12. The van der Waals surface area contributed by atoms with E-state index in [1.807, 2.05) is 74.5 Å². The van der Waals surface area contributed by atoms with E-state index in [0.717, 1.165) is 66.6 Å². The molecule has 0 bridgehead atoms. The highest BCUT2D eigenvalue weighted by molar-refractivity contribution is 6.49. The van der Waals surface area contributed by atoms with Gasteiger partial charge in [0.25, 0.3) is 0 Å². The third-order valence-corrected chi connectivity index (χ3v) is 8.82. The summed E-state index contributed by atoms with van der Waals surface area (Å²) in [7, 11) is 1.73. The average Bonchev–Trinajstić information content (AvgIpc) is 3.45. The summed E-state index contributed by atoms with van der Waals surface area (Å²) in [6.45, 7) is 7.27. The van der Waals surface area contributed by atoms with Gasteiger partial charge in [-0.3, -0.25) is 0 Å². The molecule has 0 saturated carbocycles. The second-order valence-electron chi connectivity index (χ2n) is 12.6. The van der Waals surface area contributed by atoms with Gasteiger partial charge in [0.2, 0.25) is 0 Å². The number of fused-ring (bicyclic) bond motifs is 3. The van der Waals surface area contributed by atoms with Crippen LogP contribution in [0.1, 0.15) is 27.7 Å². The van der Waals surface area contributed by atoms with Gasteiger partial charge in [-0.15, -0.1) is 0 Å². The van der Waals surface area contributed by atoms with Gasteiger partial charge >= 0.3 is 7.48 Å². The van der Waals surface area contributed by atoms with Gasteiger partial charge in [-0.05, 0) is 68.6 Å². The summed E-state index contributed by atoms with van der Waals surface area (Å²) in [5.41, 5.74) is 7.08. The smallest absolute Gasteiger partial charge is 0.331 e. The first kappa shape index (κ1) is 29.7. The minimum absolute atomic E-state index is 0.607. The highest BCUT2D eigenvalue weighted by Gasteiger charge is 2.36. The molecule has 0 saturated heterocycles. The standard InChI is InChI=1S/C40H34BN2O3/c1-39(2,44)40(3,4)46-41-33-23-29(20-21-30(33)28-19-22-32-31-17-11-12-18-36(31)45-37(32)24-28)38-42-34(26-13-7-5-8-14-26)25-35(43-38)27-15-9-6-10-16-27/h5-25,44H,1-4H3. The van der Waals surface area contributed by atoms with E-state index in [0.29, 0.717) is 5.82 Å². The summed E-state index contributed by atoms with van der Waals surface area (Å²) in [6, 6.07) is 42.9. The van der Waals surface area contributed by atoms with Crippen molar-refractivity contribution in [3.05, 3.63) is 127 Å². The summed E-state index contributed by atoms with van der Waals surface area (Å²) < 4.78 is 12.5. The fourth-order valence-electron chi connectivity index (χ4n) is 5.40. The van der Waals surface area contributed by atoms with Crippen molar-refractivity contribution in [3.8, 4) is 45.0 Å². The number of aliphatic hydroxyl groups is 1. The predicted molar refractivity (Wildman–Crippen MR) is 188 cm³/mol. The molecule has 0 aliphatic rings. The van der Waals surface area contributed by atoms with Crippen molar-refractivity contribution in [1.82, 2.24) is 9.97 Å². The van der Waals surface area contributed by atoms with Crippen molar-refractivity contribution in [2.45, 2.75) is 38.9 Å². The van der Waals surface area contributed by atoms with Crippen LogP contribution in [0.5, 0.6) is 0 Å². The Balaban J connectivity index is 1.37. The van der Waals surface area contributed by atoms with Gasteiger partial charge in [0.15, 0.2) is 5.82 Å². The molecule has 2 aromatic heterocycles. The van der Waals surface area contributed by atoms with Gasteiger partial charge in [-0.25, -0.2) is 9.97 Å². The van der Waals surface area contributed by atoms with Crippen LogP contribution in [0.25, 0.3) is 67.0 Å². The van der Waals surface area contributed by atoms with Crippen LogP contribution in [-0.2, 0) is 4.65 Å². The summed E-state index contributed by atoms with van der Waals surface area (Å²) >= 11 is 0. The van der Waals surface area contributed by atoms with E-state index < -0.39 is 11.2 Å². The third-order valence-electron chi connectivity index (χ3n) is 8.82. The van der Waals surface area contributed by atoms with Gasteiger partial charge in [-0.2, -0.15) is 0 Å². The van der Waals surface area contributed by atoms with Crippen molar-refractivity contribution in [2.75, 3.05) is 0 Å². The van der Waals surface area contributed by atoms with E-state index in [9.17, 15) is 5.11 Å². The fraction of sp³-hybridized carbons (Fsp3) is 0.150. The number of rotatable bonds is 8. The highest BCUT2D eigenvalue weighted by atomic mass is 16.5. The van der Waals surface area contributed by atoms with Crippen LogP contribution < -0.4 is 5.46 Å². The lowest BCUT2D eigenvalue weighted by molar-refractivity contribution is -0.0893. The molecule has 0 amide bonds. The molecule has 0 spiro atoms. The minimum Gasteiger partial charge on any atom is -0.456 e. The Morgan fingerprint density at radius 3 is 1.83 bits per heavy atom. The zero-order valence-corrected chi connectivity index (χ0v) is 26.4. The van der Waals surface area contributed by atoms with Gasteiger partial charge in [0.05, 0.1) is 22.6 Å². The van der Waals surface area contributed by atoms with Crippen LogP contribution in [0.3, 0.4) is 0 Å². The molecule has 1 N–H and O–H groups in total. The van der Waals surface area contributed by atoms with Crippen LogP contribution in [0.15, 0.2) is 132 Å². The maximum atomic E-state index is 10.8. The first-order valence-corrected chi connectivity index (χ1v) is 15.5. The maximum absolute atomic E-state index is 10.8. The highest BCUT2D eigenvalue weighted by Crippen LogP contribution is 2.33. The van der Waals surface area contributed by atoms with E-state index in [-0.39, 0.29) is 0 Å². The Morgan fingerprint density at radius 2 is 1.17 bits per heavy atom. The molecule has 7 rings (SSSR count). The normalized spacial score (nSPS) is 12.1. The zero-order valence-electron chi connectivity index (χ0n) is 26.4. The summed E-state index contributed by atoms with van der Waals surface area (Å²) in [6.07, 6.45) is 0. The molecular formula is C40H34BN2O3. The molecule has 225 valence electrons. The number of para-hydroxylation sites is 1. The number of furan rings is 1. The minimum atomic E-state index is -1.08. The van der Waals surface area contributed by atoms with Gasteiger partial charge in [0.1, 0.15) is 11.2 Å². The Bertz CT molecular complexity index is 2110. The van der Waals surface area contributed by atoms with Crippen LogP contribution in [0.2, 0.25) is 0 Å². The van der Waals surface area contributed by atoms with E-state index in [1.54, 1.807) is 21.3 Å². The lowest BCUT2D eigenvalue weighted by Crippen LogP contribution is -2.49. The number of hydrogen-bond acceptors (Lipinski definition) is 5. The molecule has 2 heterocycles. The summed E-state index contributed by atoms with van der Waals surface area (Å²) in [5.74, 6) is 0.607. The zero-order chi connectivity index (χ0) is 31.9. The van der Waals surface area contributed by atoms with Crippen molar-refractivity contribution in [3.63, 3.8) is 0 Å². The number of nitrogens with zero attached hydrogens (tertiary/aromatic N) is 2. The topological polar surface area (TPSA) is 68.4 Å². The van der Waals surface area contributed by atoms with Crippen LogP contribution in [0, 0.1) is 0 Å². The second-order valence-corrected chi connectivity index (χ2v) is 12.6.